The molecule has 0 saturated carbocycles. The molecule has 0 aliphatic heterocycles. The van der Waals surface area contributed by atoms with Crippen LogP contribution in [-0.2, 0) is 0 Å². The number of aromatic nitrogens is 2. The van der Waals surface area contributed by atoms with Crippen LogP contribution >= 0.6 is 0 Å². The van der Waals surface area contributed by atoms with Gasteiger partial charge in [0.05, 0.1) is 16.0 Å². The number of rotatable bonds is 3. The molecular formula is C19H13N3O2. The summed E-state index contributed by atoms with van der Waals surface area (Å²) in [6.07, 6.45) is 0. The van der Waals surface area contributed by atoms with Gasteiger partial charge in [-0.05, 0) is 24.3 Å². The summed E-state index contributed by atoms with van der Waals surface area (Å²) in [6.45, 7) is 0. The second kappa shape index (κ2) is 5.62. The zero-order chi connectivity index (χ0) is 16.5. The monoisotopic (exact) mass is 315 g/mol. The first-order valence-corrected chi connectivity index (χ1v) is 7.52. The molecule has 116 valence electrons. The topological polar surface area (TPSA) is 61.0 Å². The van der Waals surface area contributed by atoms with E-state index >= 15 is 0 Å². The van der Waals surface area contributed by atoms with Gasteiger partial charge in [-0.1, -0.05) is 42.5 Å². The molecule has 0 bridgehead atoms. The van der Waals surface area contributed by atoms with Gasteiger partial charge in [-0.3, -0.25) is 14.7 Å². The van der Waals surface area contributed by atoms with Gasteiger partial charge in [-0.25, -0.2) is 4.98 Å². The van der Waals surface area contributed by atoms with Crippen LogP contribution in [0.3, 0.4) is 0 Å². The quantitative estimate of drug-likeness (QED) is 0.410. The molecule has 5 nitrogen and oxygen atoms in total. The summed E-state index contributed by atoms with van der Waals surface area (Å²) in [5.41, 5.74) is 3.75. The highest BCUT2D eigenvalue weighted by atomic mass is 16.6. The molecule has 0 saturated heterocycles. The summed E-state index contributed by atoms with van der Waals surface area (Å²) in [4.78, 5) is 15.2. The van der Waals surface area contributed by atoms with E-state index in [0.29, 0.717) is 0 Å². The molecule has 0 N–H and O–H groups in total. The summed E-state index contributed by atoms with van der Waals surface area (Å²) < 4.78 is 2.02. The number of hydrogen-bond donors (Lipinski definition) is 0. The van der Waals surface area contributed by atoms with Crippen LogP contribution in [0.5, 0.6) is 0 Å². The average molecular weight is 315 g/mol. The van der Waals surface area contributed by atoms with E-state index in [1.807, 2.05) is 59.2 Å². The highest BCUT2D eigenvalue weighted by Gasteiger charge is 2.14. The van der Waals surface area contributed by atoms with Crippen molar-refractivity contribution >= 4 is 16.7 Å². The molecule has 0 amide bonds. The summed E-state index contributed by atoms with van der Waals surface area (Å²) in [5, 5.41) is 10.9. The predicted octanol–water partition coefficient (Wildman–Crippen LogP) is 4.60. The number of nitro benzene ring substituents is 1. The third kappa shape index (κ3) is 2.32. The van der Waals surface area contributed by atoms with Crippen LogP contribution < -0.4 is 0 Å². The fourth-order valence-electron chi connectivity index (χ4n) is 2.79. The molecule has 0 atom stereocenters. The van der Waals surface area contributed by atoms with Crippen LogP contribution in [0.4, 0.5) is 5.69 Å². The standard InChI is InChI=1S/C19H13N3O2/c23-22(24)16-12-10-15(11-13-16)21-18-9-5-4-8-17(18)20-19(21)14-6-2-1-3-7-14/h1-13H. The van der Waals surface area contributed by atoms with E-state index in [1.165, 1.54) is 12.1 Å². The molecule has 1 aromatic heterocycles. The van der Waals surface area contributed by atoms with Crippen molar-refractivity contribution in [2.75, 3.05) is 0 Å². The van der Waals surface area contributed by atoms with Crippen LogP contribution in [0.1, 0.15) is 0 Å². The first kappa shape index (κ1) is 14.1. The fraction of sp³-hybridized carbons (Fsp3) is 0. The number of fused-ring (bicyclic) bond motifs is 1. The van der Waals surface area contributed by atoms with Crippen molar-refractivity contribution < 1.29 is 4.92 Å². The highest BCUT2D eigenvalue weighted by Crippen LogP contribution is 2.29. The molecule has 4 rings (SSSR count). The third-order valence-electron chi connectivity index (χ3n) is 3.91. The van der Waals surface area contributed by atoms with Gasteiger partial charge >= 0.3 is 0 Å². The molecule has 3 aromatic carbocycles. The Kier molecular flexibility index (Phi) is 3.31. The SMILES string of the molecule is O=[N+]([O-])c1ccc(-n2c(-c3ccccc3)nc3ccccc32)cc1. The van der Waals surface area contributed by atoms with Gasteiger partial charge in [0.1, 0.15) is 5.82 Å². The van der Waals surface area contributed by atoms with Crippen molar-refractivity contribution in [1.29, 1.82) is 0 Å². The maximum absolute atomic E-state index is 10.9. The maximum Gasteiger partial charge on any atom is 0.269 e. The van der Waals surface area contributed by atoms with Crippen molar-refractivity contribution in [3.05, 3.63) is 89.0 Å². The summed E-state index contributed by atoms with van der Waals surface area (Å²) >= 11 is 0. The normalized spacial score (nSPS) is 10.8. The lowest BCUT2D eigenvalue weighted by Gasteiger charge is -2.09. The van der Waals surface area contributed by atoms with Gasteiger partial charge in [-0.2, -0.15) is 0 Å². The minimum Gasteiger partial charge on any atom is -0.292 e. The zero-order valence-corrected chi connectivity index (χ0v) is 12.7. The lowest BCUT2D eigenvalue weighted by Crippen LogP contribution is -1.98. The third-order valence-corrected chi connectivity index (χ3v) is 3.91. The van der Waals surface area contributed by atoms with E-state index < -0.39 is 4.92 Å². The number of imidazole rings is 1. The van der Waals surface area contributed by atoms with E-state index in [0.717, 1.165) is 28.1 Å². The Bertz CT molecular complexity index is 1020. The molecule has 0 fully saturated rings. The minimum absolute atomic E-state index is 0.0735. The van der Waals surface area contributed by atoms with E-state index in [9.17, 15) is 10.1 Å². The average Bonchev–Trinajstić information content (AvgIpc) is 3.02. The van der Waals surface area contributed by atoms with Crippen molar-refractivity contribution in [3.8, 4) is 17.1 Å². The second-order valence-corrected chi connectivity index (χ2v) is 5.40. The second-order valence-electron chi connectivity index (χ2n) is 5.40. The number of para-hydroxylation sites is 2. The number of benzene rings is 3. The first-order valence-electron chi connectivity index (χ1n) is 7.52. The van der Waals surface area contributed by atoms with Gasteiger partial charge in [0.15, 0.2) is 0 Å². The lowest BCUT2D eigenvalue weighted by atomic mass is 10.2. The van der Waals surface area contributed by atoms with E-state index in [-0.39, 0.29) is 5.69 Å². The predicted molar refractivity (Wildman–Crippen MR) is 93.2 cm³/mol. The van der Waals surface area contributed by atoms with Gasteiger partial charge in [-0.15, -0.1) is 0 Å². The number of non-ortho nitro benzene ring substituents is 1. The molecular weight excluding hydrogens is 302 g/mol. The van der Waals surface area contributed by atoms with E-state index in [1.54, 1.807) is 12.1 Å². The molecule has 0 unspecified atom stereocenters. The summed E-state index contributed by atoms with van der Waals surface area (Å²) in [5.74, 6) is 0.811. The Morgan fingerprint density at radius 3 is 2.21 bits per heavy atom. The van der Waals surface area contributed by atoms with Gasteiger partial charge < -0.3 is 0 Å². The number of nitrogens with zero attached hydrogens (tertiary/aromatic N) is 3. The zero-order valence-electron chi connectivity index (χ0n) is 12.7. The van der Waals surface area contributed by atoms with Gasteiger partial charge in [0, 0.05) is 23.4 Å². The van der Waals surface area contributed by atoms with Crippen LogP contribution in [0, 0.1) is 10.1 Å². The molecule has 0 aliphatic rings. The van der Waals surface area contributed by atoms with Gasteiger partial charge in [0.25, 0.3) is 5.69 Å². The molecule has 1 heterocycles. The molecule has 0 radical (unpaired) electrons. The van der Waals surface area contributed by atoms with Crippen LogP contribution in [0.2, 0.25) is 0 Å². The van der Waals surface area contributed by atoms with Crippen molar-refractivity contribution in [2.24, 2.45) is 0 Å². The first-order chi connectivity index (χ1) is 11.7. The minimum atomic E-state index is -0.395. The van der Waals surface area contributed by atoms with Crippen molar-refractivity contribution in [3.63, 3.8) is 0 Å². The molecule has 4 aromatic rings. The fourth-order valence-corrected chi connectivity index (χ4v) is 2.79. The number of nitro groups is 1. The maximum atomic E-state index is 10.9. The van der Waals surface area contributed by atoms with Crippen molar-refractivity contribution in [1.82, 2.24) is 9.55 Å². The lowest BCUT2D eigenvalue weighted by molar-refractivity contribution is -0.384. The molecule has 0 aliphatic carbocycles. The Hall–Kier alpha value is -3.47. The van der Waals surface area contributed by atoms with Crippen molar-refractivity contribution in [2.45, 2.75) is 0 Å². The molecule has 0 spiro atoms. The van der Waals surface area contributed by atoms with Crippen LogP contribution in [0.25, 0.3) is 28.1 Å². The smallest absolute Gasteiger partial charge is 0.269 e. The van der Waals surface area contributed by atoms with Gasteiger partial charge in [0.2, 0.25) is 0 Å². The number of hydrogen-bond acceptors (Lipinski definition) is 3. The van der Waals surface area contributed by atoms with E-state index in [4.69, 9.17) is 4.98 Å². The Balaban J connectivity index is 1.97. The largest absolute Gasteiger partial charge is 0.292 e. The molecule has 5 heteroatoms. The summed E-state index contributed by atoms with van der Waals surface area (Å²) in [6, 6.07) is 24.3. The van der Waals surface area contributed by atoms with Crippen LogP contribution in [0.15, 0.2) is 78.9 Å². The Morgan fingerprint density at radius 1 is 0.833 bits per heavy atom. The highest BCUT2D eigenvalue weighted by molar-refractivity contribution is 5.83. The summed E-state index contributed by atoms with van der Waals surface area (Å²) in [7, 11) is 0. The van der Waals surface area contributed by atoms with Crippen LogP contribution in [-0.4, -0.2) is 14.5 Å². The Labute approximate surface area is 138 Å². The Morgan fingerprint density at radius 2 is 1.50 bits per heavy atom. The van der Waals surface area contributed by atoms with E-state index in [2.05, 4.69) is 0 Å². The molecule has 24 heavy (non-hydrogen) atoms.